The maximum Gasteiger partial charge on any atom is 0.251 e. The fourth-order valence-electron chi connectivity index (χ4n) is 2.57. The Morgan fingerprint density at radius 1 is 1.18 bits per heavy atom. The topological polar surface area (TPSA) is 45.2 Å². The highest BCUT2D eigenvalue weighted by Gasteiger charge is 2.19. The van der Waals surface area contributed by atoms with Crippen molar-refractivity contribution in [2.75, 3.05) is 7.05 Å². The Morgan fingerprint density at radius 3 is 2.36 bits per heavy atom. The minimum atomic E-state index is -0.349. The molecule has 0 aliphatic heterocycles. The molecule has 146 valence electrons. The van der Waals surface area contributed by atoms with Gasteiger partial charge >= 0.3 is 0 Å². The van der Waals surface area contributed by atoms with Crippen molar-refractivity contribution in [2.45, 2.75) is 26.3 Å². The number of carbonyl (C=O) groups is 1. The van der Waals surface area contributed by atoms with E-state index in [0.717, 1.165) is 11.3 Å². The zero-order valence-corrected chi connectivity index (χ0v) is 17.5. The first-order chi connectivity index (χ1) is 13.1. The van der Waals surface area contributed by atoms with Gasteiger partial charge in [-0.1, -0.05) is 43.0 Å². The average molecular weight is 396 g/mol. The van der Waals surface area contributed by atoms with Gasteiger partial charge in [0.05, 0.1) is 17.1 Å². The minimum absolute atomic E-state index is 0.162. The molecule has 1 heterocycles. The molecule has 1 aromatic carbocycles. The Labute approximate surface area is 172 Å². The van der Waals surface area contributed by atoms with Crippen molar-refractivity contribution in [3.8, 4) is 11.3 Å². The fraction of sp³-hybridized carbons (Fsp3) is 0.217. The fourth-order valence-corrected chi connectivity index (χ4v) is 2.69. The maximum atomic E-state index is 12.8. The number of hydrogen-bond acceptors (Lipinski definition) is 3. The molecule has 0 unspecified atom stereocenters. The second kappa shape index (κ2) is 8.89. The molecule has 0 saturated heterocycles. The molecular formula is C23H26ClN3O. The first-order valence-electron chi connectivity index (χ1n) is 8.93. The van der Waals surface area contributed by atoms with Crippen LogP contribution in [0.5, 0.6) is 0 Å². The van der Waals surface area contributed by atoms with Crippen LogP contribution in [0.2, 0.25) is 5.02 Å². The van der Waals surface area contributed by atoms with Gasteiger partial charge in [-0.15, -0.1) is 0 Å². The quantitative estimate of drug-likeness (QED) is 0.654. The number of nitrogens with zero attached hydrogens (tertiary/aromatic N) is 2. The lowest BCUT2D eigenvalue weighted by atomic mass is 10.0. The number of allylic oxidation sites excluding steroid dienone is 2. The summed E-state index contributed by atoms with van der Waals surface area (Å²) in [5.74, 6) is -0.162. The molecule has 0 spiro atoms. The largest absolute Gasteiger partial charge is 0.350 e. The van der Waals surface area contributed by atoms with E-state index in [1.807, 2.05) is 50.9 Å². The molecule has 1 amide bonds. The van der Waals surface area contributed by atoms with E-state index in [9.17, 15) is 4.79 Å². The Kier molecular flexibility index (Phi) is 6.81. The van der Waals surface area contributed by atoms with Crippen molar-refractivity contribution in [1.29, 1.82) is 0 Å². The molecule has 0 aliphatic rings. The van der Waals surface area contributed by atoms with Crippen LogP contribution in [0.25, 0.3) is 17.0 Å². The molecule has 0 bridgehead atoms. The third kappa shape index (κ3) is 5.57. The lowest BCUT2D eigenvalue weighted by Crippen LogP contribution is -2.40. The second-order valence-corrected chi connectivity index (χ2v) is 7.85. The number of nitrogens with one attached hydrogen (secondary N) is 1. The Bertz CT molecular complexity index is 908. The average Bonchev–Trinajstić information content (AvgIpc) is 2.64. The molecule has 28 heavy (non-hydrogen) atoms. The number of benzene rings is 1. The van der Waals surface area contributed by atoms with Gasteiger partial charge in [-0.2, -0.15) is 0 Å². The van der Waals surface area contributed by atoms with Crippen LogP contribution in [-0.4, -0.2) is 28.4 Å². The number of pyridine rings is 1. The zero-order chi connectivity index (χ0) is 20.9. The van der Waals surface area contributed by atoms with E-state index >= 15 is 0 Å². The van der Waals surface area contributed by atoms with Gasteiger partial charge < -0.3 is 10.2 Å². The molecule has 5 heteroatoms. The molecule has 0 saturated carbocycles. The van der Waals surface area contributed by atoms with Crippen LogP contribution in [0.1, 0.15) is 36.8 Å². The van der Waals surface area contributed by atoms with Crippen molar-refractivity contribution in [1.82, 2.24) is 15.2 Å². The van der Waals surface area contributed by atoms with E-state index in [0.29, 0.717) is 22.0 Å². The van der Waals surface area contributed by atoms with E-state index in [2.05, 4.69) is 18.5 Å². The van der Waals surface area contributed by atoms with Gasteiger partial charge in [0, 0.05) is 28.7 Å². The summed E-state index contributed by atoms with van der Waals surface area (Å²) in [7, 11) is 1.87. The van der Waals surface area contributed by atoms with E-state index < -0.39 is 0 Å². The summed E-state index contributed by atoms with van der Waals surface area (Å²) in [6, 6.07) is 10.9. The molecular weight excluding hydrogens is 370 g/mol. The van der Waals surface area contributed by atoms with Crippen LogP contribution in [-0.2, 0) is 0 Å². The van der Waals surface area contributed by atoms with E-state index in [1.165, 1.54) is 0 Å². The van der Waals surface area contributed by atoms with E-state index in [-0.39, 0.29) is 11.4 Å². The Balaban J connectivity index is 2.65. The highest BCUT2D eigenvalue weighted by molar-refractivity contribution is 6.30. The Hall–Kier alpha value is -2.85. The Morgan fingerprint density at radius 2 is 1.82 bits per heavy atom. The van der Waals surface area contributed by atoms with Crippen molar-refractivity contribution in [2.24, 2.45) is 0 Å². The van der Waals surface area contributed by atoms with Gasteiger partial charge in [-0.25, -0.2) is 4.98 Å². The summed E-state index contributed by atoms with van der Waals surface area (Å²) >= 11 is 6.01. The highest BCUT2D eigenvalue weighted by atomic mass is 35.5. The standard InChI is InChI=1S/C23H26ClN3O/c1-7-9-21(27(6)8-2)20-15-17(22(28)26-23(3,4)5)14-19(25-20)16-10-12-18(24)13-11-16/h7-15H,1-2H2,3-6H3,(H,26,28)/b21-9-. The molecule has 4 nitrogen and oxygen atoms in total. The van der Waals surface area contributed by atoms with Gasteiger partial charge in [-0.05, 0) is 57.3 Å². The molecule has 0 atom stereocenters. The highest BCUT2D eigenvalue weighted by Crippen LogP contribution is 2.25. The lowest BCUT2D eigenvalue weighted by Gasteiger charge is -2.22. The van der Waals surface area contributed by atoms with Crippen LogP contribution >= 0.6 is 11.6 Å². The summed E-state index contributed by atoms with van der Waals surface area (Å²) < 4.78 is 0. The number of aromatic nitrogens is 1. The predicted molar refractivity (Wildman–Crippen MR) is 118 cm³/mol. The SMILES string of the molecule is C=C/C=C(/c1cc(C(=O)NC(C)(C)C)cc(-c2ccc(Cl)cc2)n1)N(C)C=C. The summed E-state index contributed by atoms with van der Waals surface area (Å²) in [4.78, 5) is 19.4. The molecule has 0 fully saturated rings. The first kappa shape index (κ1) is 21.5. The van der Waals surface area contributed by atoms with Gasteiger partial charge in [0.1, 0.15) is 0 Å². The summed E-state index contributed by atoms with van der Waals surface area (Å²) in [6.07, 6.45) is 5.20. The second-order valence-electron chi connectivity index (χ2n) is 7.42. The van der Waals surface area contributed by atoms with Crippen molar-refractivity contribution in [3.05, 3.63) is 84.2 Å². The molecule has 1 N–H and O–H groups in total. The predicted octanol–water partition coefficient (Wildman–Crippen LogP) is 5.53. The molecule has 2 aromatic rings. The van der Waals surface area contributed by atoms with Crippen LogP contribution < -0.4 is 5.32 Å². The van der Waals surface area contributed by atoms with Crippen molar-refractivity contribution in [3.63, 3.8) is 0 Å². The first-order valence-corrected chi connectivity index (χ1v) is 9.31. The lowest BCUT2D eigenvalue weighted by molar-refractivity contribution is 0.0919. The molecule has 1 aromatic heterocycles. The summed E-state index contributed by atoms with van der Waals surface area (Å²) in [5, 5.41) is 3.65. The third-order valence-corrected chi connectivity index (χ3v) is 4.16. The number of carbonyl (C=O) groups excluding carboxylic acids is 1. The van der Waals surface area contributed by atoms with E-state index in [1.54, 1.807) is 36.5 Å². The van der Waals surface area contributed by atoms with Crippen LogP contribution in [0.4, 0.5) is 0 Å². The van der Waals surface area contributed by atoms with Crippen LogP contribution in [0.3, 0.4) is 0 Å². The van der Waals surface area contributed by atoms with Gasteiger partial charge in [-0.3, -0.25) is 4.79 Å². The normalized spacial score (nSPS) is 11.7. The summed E-state index contributed by atoms with van der Waals surface area (Å²) in [5.41, 5.74) is 3.16. The number of rotatable bonds is 6. The smallest absolute Gasteiger partial charge is 0.251 e. The molecule has 0 aliphatic carbocycles. The monoisotopic (exact) mass is 395 g/mol. The van der Waals surface area contributed by atoms with Gasteiger partial charge in [0.2, 0.25) is 0 Å². The summed E-state index contributed by atoms with van der Waals surface area (Å²) in [6.45, 7) is 13.4. The van der Waals surface area contributed by atoms with Crippen LogP contribution in [0, 0.1) is 0 Å². The maximum absolute atomic E-state index is 12.8. The molecule has 0 radical (unpaired) electrons. The van der Waals surface area contributed by atoms with Crippen LogP contribution in [0.15, 0.2) is 67.9 Å². The van der Waals surface area contributed by atoms with Crippen molar-refractivity contribution >= 4 is 23.2 Å². The minimum Gasteiger partial charge on any atom is -0.350 e. The van der Waals surface area contributed by atoms with E-state index in [4.69, 9.17) is 16.6 Å². The van der Waals surface area contributed by atoms with Gasteiger partial charge in [0.25, 0.3) is 5.91 Å². The number of halogens is 1. The van der Waals surface area contributed by atoms with Gasteiger partial charge in [0.15, 0.2) is 0 Å². The third-order valence-electron chi connectivity index (χ3n) is 3.91. The molecule has 2 rings (SSSR count). The number of amides is 1. The number of hydrogen-bond donors (Lipinski definition) is 1. The van der Waals surface area contributed by atoms with Crippen molar-refractivity contribution < 1.29 is 4.79 Å². The zero-order valence-electron chi connectivity index (χ0n) is 16.8.